The van der Waals surface area contributed by atoms with E-state index in [1.165, 1.54) is 0 Å². The number of benzene rings is 3. The standard InChI is InChI=1S/C34H33F4N5O4/c35-26-8-4-7-25(34(36,37)38)24(26)18-42-28-20-47-33(13-15-41(16-14-33)17-21-9-11-23(12-10-21)30(40)44)29(28)31(45)43(32(42)46)19-27(39)22-5-2-1-3-6-22/h1-12,27H,13-20,39H2,(H2,40,44). The minimum Gasteiger partial charge on any atom is -0.366 e. The van der Waals surface area contributed by atoms with E-state index in [1.54, 1.807) is 42.5 Å². The van der Waals surface area contributed by atoms with Gasteiger partial charge in [-0.15, -0.1) is 0 Å². The van der Waals surface area contributed by atoms with Crippen molar-refractivity contribution in [2.75, 3.05) is 13.1 Å². The molecule has 246 valence electrons. The zero-order valence-electron chi connectivity index (χ0n) is 25.3. The minimum absolute atomic E-state index is 0.136. The van der Waals surface area contributed by atoms with Crippen molar-refractivity contribution in [3.05, 3.63) is 139 Å². The maximum Gasteiger partial charge on any atom is 0.416 e. The van der Waals surface area contributed by atoms with Crippen molar-refractivity contribution in [1.29, 1.82) is 0 Å². The van der Waals surface area contributed by atoms with Crippen LogP contribution >= 0.6 is 0 Å². The molecule has 1 spiro atoms. The van der Waals surface area contributed by atoms with E-state index >= 15 is 4.39 Å². The molecule has 2 aliphatic heterocycles. The molecular formula is C34H33F4N5O4. The second-order valence-corrected chi connectivity index (χ2v) is 12.0. The van der Waals surface area contributed by atoms with Crippen LogP contribution in [0.3, 0.4) is 0 Å². The van der Waals surface area contributed by atoms with Crippen molar-refractivity contribution >= 4 is 5.91 Å². The van der Waals surface area contributed by atoms with E-state index in [0.29, 0.717) is 43.6 Å². The summed E-state index contributed by atoms with van der Waals surface area (Å²) in [6.45, 7) is 0.370. The van der Waals surface area contributed by atoms with Crippen LogP contribution in [0.1, 0.15) is 62.8 Å². The largest absolute Gasteiger partial charge is 0.416 e. The Hall–Kier alpha value is -4.59. The Kier molecular flexibility index (Phi) is 8.64. The van der Waals surface area contributed by atoms with Crippen molar-refractivity contribution in [3.8, 4) is 0 Å². The van der Waals surface area contributed by atoms with Gasteiger partial charge in [0.25, 0.3) is 5.56 Å². The van der Waals surface area contributed by atoms with Crippen LogP contribution in [0, 0.1) is 5.82 Å². The van der Waals surface area contributed by atoms with E-state index in [1.807, 2.05) is 12.1 Å². The van der Waals surface area contributed by atoms with E-state index in [0.717, 1.165) is 32.9 Å². The zero-order chi connectivity index (χ0) is 33.5. The summed E-state index contributed by atoms with van der Waals surface area (Å²) in [6, 6.07) is 17.6. The highest BCUT2D eigenvalue weighted by Gasteiger charge is 2.47. The van der Waals surface area contributed by atoms with Gasteiger partial charge in [0.05, 0.1) is 36.5 Å². The fourth-order valence-corrected chi connectivity index (χ4v) is 6.60. The maximum atomic E-state index is 15.0. The molecule has 0 bridgehead atoms. The number of primary amides is 1. The number of likely N-dealkylation sites (tertiary alicyclic amines) is 1. The van der Waals surface area contributed by atoms with Crippen molar-refractivity contribution < 1.29 is 27.1 Å². The summed E-state index contributed by atoms with van der Waals surface area (Å²) in [5.74, 6) is -1.64. The molecule has 1 saturated heterocycles. The topological polar surface area (TPSA) is 126 Å². The molecule has 47 heavy (non-hydrogen) atoms. The van der Waals surface area contributed by atoms with E-state index < -0.39 is 58.5 Å². The SMILES string of the molecule is NC(=O)c1ccc(CN2CCC3(CC2)OCc2c3c(=O)n(CC(N)c3ccccc3)c(=O)n2Cc2c(F)cccc2C(F)(F)F)cc1. The molecule has 9 nitrogen and oxygen atoms in total. The molecule has 0 radical (unpaired) electrons. The molecule has 13 heteroatoms. The predicted octanol–water partition coefficient (Wildman–Crippen LogP) is 4.04. The van der Waals surface area contributed by atoms with Crippen LogP contribution < -0.4 is 22.7 Å². The van der Waals surface area contributed by atoms with Crippen LogP contribution in [0.5, 0.6) is 0 Å². The number of nitrogens with zero attached hydrogens (tertiary/aromatic N) is 3. The fourth-order valence-electron chi connectivity index (χ4n) is 6.60. The summed E-state index contributed by atoms with van der Waals surface area (Å²) in [5, 5.41) is 0. The summed E-state index contributed by atoms with van der Waals surface area (Å²) >= 11 is 0. The van der Waals surface area contributed by atoms with Crippen LogP contribution in [-0.2, 0) is 42.8 Å². The Bertz CT molecular complexity index is 1910. The number of hydrogen-bond donors (Lipinski definition) is 2. The fraction of sp³-hybridized carbons (Fsp3) is 0.324. The molecular weight excluding hydrogens is 618 g/mol. The number of amides is 1. The van der Waals surface area contributed by atoms with Gasteiger partial charge in [0.1, 0.15) is 11.4 Å². The van der Waals surface area contributed by atoms with Crippen molar-refractivity contribution in [2.24, 2.45) is 11.5 Å². The highest BCUT2D eigenvalue weighted by atomic mass is 19.4. The first-order valence-electron chi connectivity index (χ1n) is 15.1. The first-order chi connectivity index (χ1) is 22.4. The van der Waals surface area contributed by atoms with Gasteiger partial charge in [-0.1, -0.05) is 48.5 Å². The number of fused-ring (bicyclic) bond motifs is 2. The van der Waals surface area contributed by atoms with Crippen molar-refractivity contribution in [1.82, 2.24) is 14.0 Å². The molecule has 3 heterocycles. The van der Waals surface area contributed by atoms with E-state index in [-0.39, 0.29) is 24.4 Å². The van der Waals surface area contributed by atoms with Crippen LogP contribution in [0.4, 0.5) is 17.6 Å². The number of hydrogen-bond acceptors (Lipinski definition) is 6. The zero-order valence-corrected chi connectivity index (χ0v) is 25.3. The number of alkyl halides is 3. The van der Waals surface area contributed by atoms with E-state index in [2.05, 4.69) is 4.90 Å². The first kappa shape index (κ1) is 32.4. The maximum absolute atomic E-state index is 15.0. The monoisotopic (exact) mass is 651 g/mol. The van der Waals surface area contributed by atoms with Gasteiger partial charge in [-0.25, -0.2) is 9.18 Å². The highest BCUT2D eigenvalue weighted by molar-refractivity contribution is 5.92. The lowest BCUT2D eigenvalue weighted by molar-refractivity contribution is -0.138. The highest BCUT2D eigenvalue weighted by Crippen LogP contribution is 2.43. The molecule has 1 unspecified atom stereocenters. The van der Waals surface area contributed by atoms with Crippen LogP contribution in [0.25, 0.3) is 0 Å². The Labute approximate surface area is 267 Å². The van der Waals surface area contributed by atoms with E-state index in [9.17, 15) is 27.6 Å². The van der Waals surface area contributed by atoms with Gasteiger partial charge in [-0.3, -0.25) is 23.6 Å². The van der Waals surface area contributed by atoms with Gasteiger partial charge in [0.2, 0.25) is 5.91 Å². The van der Waals surface area contributed by atoms with Gasteiger partial charge in [0.15, 0.2) is 0 Å². The molecule has 1 fully saturated rings. The number of carbonyl (C=O) groups excluding carboxylic acids is 1. The van der Waals surface area contributed by atoms with E-state index in [4.69, 9.17) is 16.2 Å². The second-order valence-electron chi connectivity index (χ2n) is 12.0. The molecule has 6 rings (SSSR count). The summed E-state index contributed by atoms with van der Waals surface area (Å²) in [4.78, 5) is 41.7. The number of nitrogens with two attached hydrogens (primary N) is 2. The average molecular weight is 652 g/mol. The molecule has 1 aromatic heterocycles. The van der Waals surface area contributed by atoms with Crippen molar-refractivity contribution in [3.63, 3.8) is 0 Å². The molecule has 1 amide bonds. The molecule has 0 aliphatic carbocycles. The molecule has 2 aliphatic rings. The normalized spacial score (nSPS) is 16.7. The average Bonchev–Trinajstić information content (AvgIpc) is 3.41. The molecule has 4 aromatic rings. The van der Waals surface area contributed by atoms with Crippen LogP contribution in [0.15, 0.2) is 82.4 Å². The Morgan fingerprint density at radius 3 is 2.23 bits per heavy atom. The van der Waals surface area contributed by atoms with Gasteiger partial charge in [-0.2, -0.15) is 13.2 Å². The quantitative estimate of drug-likeness (QED) is 0.277. The number of rotatable bonds is 8. The summed E-state index contributed by atoms with van der Waals surface area (Å²) in [5.41, 5.74) is 9.57. The van der Waals surface area contributed by atoms with Crippen molar-refractivity contribution in [2.45, 2.75) is 56.9 Å². The van der Waals surface area contributed by atoms with Gasteiger partial charge < -0.3 is 16.2 Å². The number of carbonyl (C=O) groups is 1. The Balaban J connectivity index is 1.38. The second kappa shape index (κ2) is 12.5. The number of aromatic nitrogens is 2. The number of piperidine rings is 1. The third-order valence-electron chi connectivity index (χ3n) is 9.13. The van der Waals surface area contributed by atoms with Gasteiger partial charge in [-0.05, 0) is 48.2 Å². The number of halogens is 4. The third-order valence-corrected chi connectivity index (χ3v) is 9.13. The molecule has 4 N–H and O–H groups in total. The Morgan fingerprint density at radius 1 is 0.915 bits per heavy atom. The summed E-state index contributed by atoms with van der Waals surface area (Å²) in [6.07, 6.45) is -4.14. The van der Waals surface area contributed by atoms with Gasteiger partial charge in [0, 0.05) is 36.8 Å². The summed E-state index contributed by atoms with van der Waals surface area (Å²) in [7, 11) is 0. The minimum atomic E-state index is -4.88. The smallest absolute Gasteiger partial charge is 0.366 e. The molecule has 3 aromatic carbocycles. The summed E-state index contributed by atoms with van der Waals surface area (Å²) < 4.78 is 65.2. The molecule has 0 saturated carbocycles. The third kappa shape index (κ3) is 6.25. The number of ether oxygens (including phenoxy) is 1. The lowest BCUT2D eigenvalue weighted by Crippen LogP contribution is -2.49. The Morgan fingerprint density at radius 2 is 1.60 bits per heavy atom. The van der Waals surface area contributed by atoms with Crippen LogP contribution in [0.2, 0.25) is 0 Å². The predicted molar refractivity (Wildman–Crippen MR) is 165 cm³/mol. The van der Waals surface area contributed by atoms with Gasteiger partial charge >= 0.3 is 11.9 Å². The lowest BCUT2D eigenvalue weighted by Gasteiger charge is -2.39. The first-order valence-corrected chi connectivity index (χ1v) is 15.1. The van der Waals surface area contributed by atoms with Crippen LogP contribution in [-0.4, -0.2) is 33.0 Å². The lowest BCUT2D eigenvalue weighted by atomic mass is 9.85. The molecule has 1 atom stereocenters.